The molecule has 2 saturated heterocycles. The van der Waals surface area contributed by atoms with Crippen molar-refractivity contribution in [2.45, 2.75) is 18.6 Å². The summed E-state index contributed by atoms with van der Waals surface area (Å²) in [5.41, 5.74) is -0.328. The number of amides is 1. The molecule has 2 fully saturated rings. The lowest BCUT2D eigenvalue weighted by molar-refractivity contribution is -0.0872. The average Bonchev–Trinajstić information content (AvgIpc) is 2.46. The highest BCUT2D eigenvalue weighted by Crippen LogP contribution is 2.24. The second kappa shape index (κ2) is 5.65. The SMILES string of the molecule is CN1CC[C@@H]2OCCN(C(=O)c3ncc(F)cc3F)[C@@H]2C1. The van der Waals surface area contributed by atoms with Crippen LogP contribution < -0.4 is 0 Å². The molecule has 5 nitrogen and oxygen atoms in total. The predicted molar refractivity (Wildman–Crippen MR) is 70.8 cm³/mol. The monoisotopic (exact) mass is 297 g/mol. The maximum Gasteiger partial charge on any atom is 0.275 e. The number of morpholine rings is 1. The van der Waals surface area contributed by atoms with Crippen LogP contribution in [0, 0.1) is 11.6 Å². The highest BCUT2D eigenvalue weighted by atomic mass is 19.1. The highest BCUT2D eigenvalue weighted by Gasteiger charge is 2.39. The fourth-order valence-electron chi connectivity index (χ4n) is 2.99. The lowest BCUT2D eigenvalue weighted by atomic mass is 9.98. The van der Waals surface area contributed by atoms with Gasteiger partial charge in [-0.25, -0.2) is 13.8 Å². The minimum absolute atomic E-state index is 0.0255. The van der Waals surface area contributed by atoms with Gasteiger partial charge in [0.15, 0.2) is 11.5 Å². The minimum Gasteiger partial charge on any atom is -0.374 e. The summed E-state index contributed by atoms with van der Waals surface area (Å²) >= 11 is 0. The quantitative estimate of drug-likeness (QED) is 0.773. The van der Waals surface area contributed by atoms with Crippen LogP contribution in [-0.4, -0.2) is 66.1 Å². The number of carbonyl (C=O) groups is 1. The van der Waals surface area contributed by atoms with Gasteiger partial charge in [-0.3, -0.25) is 4.79 Å². The van der Waals surface area contributed by atoms with Crippen molar-refractivity contribution in [3.05, 3.63) is 29.6 Å². The molecule has 0 spiro atoms. The molecule has 0 aliphatic carbocycles. The van der Waals surface area contributed by atoms with Crippen molar-refractivity contribution in [1.29, 1.82) is 0 Å². The number of pyridine rings is 1. The Morgan fingerprint density at radius 2 is 2.24 bits per heavy atom. The van der Waals surface area contributed by atoms with Crippen molar-refractivity contribution < 1.29 is 18.3 Å². The number of ether oxygens (including phenoxy) is 1. The molecular formula is C14H17F2N3O2. The Hall–Kier alpha value is -1.60. The molecular weight excluding hydrogens is 280 g/mol. The van der Waals surface area contributed by atoms with Crippen LogP contribution in [0.25, 0.3) is 0 Å². The van der Waals surface area contributed by atoms with Crippen LogP contribution in [0.3, 0.4) is 0 Å². The molecule has 0 bridgehead atoms. The van der Waals surface area contributed by atoms with Crippen molar-refractivity contribution >= 4 is 5.91 Å². The fourth-order valence-corrected chi connectivity index (χ4v) is 2.99. The van der Waals surface area contributed by atoms with Crippen molar-refractivity contribution in [3.63, 3.8) is 0 Å². The van der Waals surface area contributed by atoms with Gasteiger partial charge in [0.25, 0.3) is 5.91 Å². The number of piperidine rings is 1. The molecule has 1 aromatic rings. The van der Waals surface area contributed by atoms with Crippen LogP contribution in [0.5, 0.6) is 0 Å². The lowest BCUT2D eigenvalue weighted by Crippen LogP contribution is -2.60. The summed E-state index contributed by atoms with van der Waals surface area (Å²) in [6.07, 6.45) is 1.67. The zero-order chi connectivity index (χ0) is 15.0. The Balaban J connectivity index is 1.85. The van der Waals surface area contributed by atoms with Gasteiger partial charge in [-0.1, -0.05) is 0 Å². The van der Waals surface area contributed by atoms with Crippen LogP contribution in [0.2, 0.25) is 0 Å². The molecule has 0 radical (unpaired) electrons. The maximum atomic E-state index is 13.8. The summed E-state index contributed by atoms with van der Waals surface area (Å²) in [5.74, 6) is -2.21. The summed E-state index contributed by atoms with van der Waals surface area (Å²) in [6, 6.07) is 0.571. The van der Waals surface area contributed by atoms with Gasteiger partial charge in [0.05, 0.1) is 24.9 Å². The van der Waals surface area contributed by atoms with E-state index in [0.717, 1.165) is 19.2 Å². The number of nitrogens with zero attached hydrogens (tertiary/aromatic N) is 3. The number of likely N-dealkylation sites (tertiary alicyclic amines) is 1. The Labute approximate surface area is 121 Å². The van der Waals surface area contributed by atoms with E-state index in [4.69, 9.17) is 4.74 Å². The molecule has 114 valence electrons. The number of carbonyl (C=O) groups excluding carboxylic acids is 1. The van der Waals surface area contributed by atoms with Crippen LogP contribution in [-0.2, 0) is 4.74 Å². The number of likely N-dealkylation sites (N-methyl/N-ethyl adjacent to an activating group) is 1. The lowest BCUT2D eigenvalue weighted by Gasteiger charge is -2.46. The summed E-state index contributed by atoms with van der Waals surface area (Å²) in [7, 11) is 1.98. The molecule has 0 N–H and O–H groups in total. The third-order valence-electron chi connectivity index (χ3n) is 4.06. The van der Waals surface area contributed by atoms with Gasteiger partial charge in [0.2, 0.25) is 0 Å². The number of aromatic nitrogens is 1. The number of hydrogen-bond donors (Lipinski definition) is 0. The average molecular weight is 297 g/mol. The fraction of sp³-hybridized carbons (Fsp3) is 0.571. The smallest absolute Gasteiger partial charge is 0.275 e. The molecule has 2 aliphatic rings. The predicted octanol–water partition coefficient (Wildman–Crippen LogP) is 0.905. The largest absolute Gasteiger partial charge is 0.374 e. The molecule has 7 heteroatoms. The third kappa shape index (κ3) is 2.75. The molecule has 0 saturated carbocycles. The molecule has 0 unspecified atom stereocenters. The van der Waals surface area contributed by atoms with Crippen LogP contribution in [0.1, 0.15) is 16.9 Å². The van der Waals surface area contributed by atoms with E-state index < -0.39 is 17.5 Å². The number of hydrogen-bond acceptors (Lipinski definition) is 4. The molecule has 21 heavy (non-hydrogen) atoms. The highest BCUT2D eigenvalue weighted by molar-refractivity contribution is 5.92. The van der Waals surface area contributed by atoms with Gasteiger partial charge in [-0.15, -0.1) is 0 Å². The van der Waals surface area contributed by atoms with Crippen molar-refractivity contribution in [1.82, 2.24) is 14.8 Å². The van der Waals surface area contributed by atoms with Gasteiger partial charge in [0, 0.05) is 25.7 Å². The number of fused-ring (bicyclic) bond motifs is 1. The summed E-state index contributed by atoms with van der Waals surface area (Å²) < 4.78 is 32.4. The standard InChI is InChI=1S/C14H17F2N3O2/c1-18-3-2-12-11(8-18)19(4-5-21-12)14(20)13-10(16)6-9(15)7-17-13/h6-7,11-12H,2-5,8H2,1H3/t11-,12+/m1/s1. The van der Waals surface area contributed by atoms with E-state index in [0.29, 0.717) is 25.8 Å². The first-order valence-corrected chi connectivity index (χ1v) is 6.98. The van der Waals surface area contributed by atoms with Crippen LogP contribution >= 0.6 is 0 Å². The maximum absolute atomic E-state index is 13.8. The van der Waals surface area contributed by atoms with E-state index in [2.05, 4.69) is 9.88 Å². The topological polar surface area (TPSA) is 45.7 Å². The van der Waals surface area contributed by atoms with Gasteiger partial charge in [0.1, 0.15) is 5.82 Å². The summed E-state index contributed by atoms with van der Waals surface area (Å²) in [4.78, 5) is 19.9. The Morgan fingerprint density at radius 1 is 1.43 bits per heavy atom. The van der Waals surface area contributed by atoms with E-state index in [-0.39, 0.29) is 17.8 Å². The second-order valence-corrected chi connectivity index (χ2v) is 5.51. The molecule has 3 heterocycles. The van der Waals surface area contributed by atoms with Gasteiger partial charge >= 0.3 is 0 Å². The molecule has 3 rings (SSSR count). The van der Waals surface area contributed by atoms with E-state index in [1.807, 2.05) is 7.05 Å². The van der Waals surface area contributed by atoms with E-state index in [1.165, 1.54) is 0 Å². The third-order valence-corrected chi connectivity index (χ3v) is 4.06. The molecule has 1 aromatic heterocycles. The Bertz CT molecular complexity index is 555. The van der Waals surface area contributed by atoms with Crippen molar-refractivity contribution in [2.24, 2.45) is 0 Å². The van der Waals surface area contributed by atoms with E-state index >= 15 is 0 Å². The first-order chi connectivity index (χ1) is 10.1. The molecule has 2 aliphatic heterocycles. The normalized spacial score (nSPS) is 26.5. The van der Waals surface area contributed by atoms with E-state index in [9.17, 15) is 13.6 Å². The van der Waals surface area contributed by atoms with Gasteiger partial charge in [-0.2, -0.15) is 0 Å². The molecule has 1 amide bonds. The minimum atomic E-state index is -0.924. The summed E-state index contributed by atoms with van der Waals surface area (Å²) in [6.45, 7) is 2.41. The first-order valence-electron chi connectivity index (χ1n) is 6.98. The van der Waals surface area contributed by atoms with Crippen LogP contribution in [0.15, 0.2) is 12.3 Å². The van der Waals surface area contributed by atoms with E-state index in [1.54, 1.807) is 4.90 Å². The zero-order valence-corrected chi connectivity index (χ0v) is 11.8. The molecule has 0 aromatic carbocycles. The zero-order valence-electron chi connectivity index (χ0n) is 11.8. The Kier molecular flexibility index (Phi) is 3.86. The van der Waals surface area contributed by atoms with Crippen molar-refractivity contribution in [2.75, 3.05) is 33.3 Å². The van der Waals surface area contributed by atoms with Gasteiger partial charge in [-0.05, 0) is 13.5 Å². The second-order valence-electron chi connectivity index (χ2n) is 5.51. The van der Waals surface area contributed by atoms with Crippen LogP contribution in [0.4, 0.5) is 8.78 Å². The first kappa shape index (κ1) is 14.3. The summed E-state index contributed by atoms with van der Waals surface area (Å²) in [5, 5.41) is 0. The molecule has 2 atom stereocenters. The van der Waals surface area contributed by atoms with Gasteiger partial charge < -0.3 is 14.5 Å². The van der Waals surface area contributed by atoms with Crippen molar-refractivity contribution in [3.8, 4) is 0 Å². The number of rotatable bonds is 1. The Morgan fingerprint density at radius 3 is 3.00 bits per heavy atom. The number of halogens is 2.